The fraction of sp³-hybridized carbons (Fsp3) is 0.250. The van der Waals surface area contributed by atoms with Crippen LogP contribution in [0.15, 0.2) is 46.9 Å². The number of halogens is 1. The Morgan fingerprint density at radius 1 is 1.21 bits per heavy atom. The first-order valence-corrected chi connectivity index (χ1v) is 7.03. The Balaban J connectivity index is 2.02. The van der Waals surface area contributed by atoms with Gasteiger partial charge in [-0.1, -0.05) is 30.3 Å². The molecule has 1 unspecified atom stereocenters. The Labute approximate surface area is 121 Å². The molecule has 0 aromatic heterocycles. The highest BCUT2D eigenvalue weighted by Crippen LogP contribution is 2.46. The molecule has 2 aromatic carbocycles. The third kappa shape index (κ3) is 2.12. The molecule has 19 heavy (non-hydrogen) atoms. The number of benzene rings is 2. The Kier molecular flexibility index (Phi) is 3.02. The fourth-order valence-electron chi connectivity index (χ4n) is 2.56. The molecule has 98 valence electrons. The van der Waals surface area contributed by atoms with Crippen LogP contribution in [0.2, 0.25) is 0 Å². The molecule has 0 radical (unpaired) electrons. The van der Waals surface area contributed by atoms with Crippen LogP contribution in [0.1, 0.15) is 18.1 Å². The third-order valence-electron chi connectivity index (χ3n) is 3.57. The average molecular weight is 319 g/mol. The molecule has 1 atom stereocenters. The SMILES string of the molecule is COc1cc(Br)c2c(c1)CC(C)(c1ccccc1)O2. The third-order valence-corrected chi connectivity index (χ3v) is 4.16. The first-order valence-electron chi connectivity index (χ1n) is 6.23. The van der Waals surface area contributed by atoms with E-state index in [1.807, 2.05) is 30.3 Å². The smallest absolute Gasteiger partial charge is 0.138 e. The lowest BCUT2D eigenvalue weighted by Crippen LogP contribution is -2.26. The van der Waals surface area contributed by atoms with Gasteiger partial charge < -0.3 is 9.47 Å². The van der Waals surface area contributed by atoms with Gasteiger partial charge in [0.25, 0.3) is 0 Å². The minimum absolute atomic E-state index is 0.307. The molecular formula is C16H15BrO2. The number of ether oxygens (including phenoxy) is 2. The monoisotopic (exact) mass is 318 g/mol. The van der Waals surface area contributed by atoms with E-state index in [1.165, 1.54) is 11.1 Å². The Hall–Kier alpha value is -1.48. The summed E-state index contributed by atoms with van der Waals surface area (Å²) in [5.41, 5.74) is 2.06. The van der Waals surface area contributed by atoms with E-state index in [-0.39, 0.29) is 5.60 Å². The number of hydrogen-bond acceptors (Lipinski definition) is 2. The Morgan fingerprint density at radius 2 is 1.95 bits per heavy atom. The molecule has 3 rings (SSSR count). The summed E-state index contributed by atoms with van der Waals surface area (Å²) in [6.07, 6.45) is 0.849. The van der Waals surface area contributed by atoms with E-state index in [1.54, 1.807) is 7.11 Å². The van der Waals surface area contributed by atoms with Crippen molar-refractivity contribution in [3.8, 4) is 11.5 Å². The number of rotatable bonds is 2. The predicted octanol–water partition coefficient (Wildman–Crippen LogP) is 4.31. The fourth-order valence-corrected chi connectivity index (χ4v) is 3.12. The molecule has 2 nitrogen and oxygen atoms in total. The zero-order valence-electron chi connectivity index (χ0n) is 10.9. The Morgan fingerprint density at radius 3 is 2.63 bits per heavy atom. The highest BCUT2D eigenvalue weighted by molar-refractivity contribution is 9.10. The molecule has 0 bridgehead atoms. The second-order valence-electron chi connectivity index (χ2n) is 4.97. The van der Waals surface area contributed by atoms with Crippen molar-refractivity contribution in [2.24, 2.45) is 0 Å². The van der Waals surface area contributed by atoms with Gasteiger partial charge in [-0.25, -0.2) is 0 Å². The second-order valence-corrected chi connectivity index (χ2v) is 5.83. The van der Waals surface area contributed by atoms with Gasteiger partial charge in [0.05, 0.1) is 11.6 Å². The number of fused-ring (bicyclic) bond motifs is 1. The van der Waals surface area contributed by atoms with Gasteiger partial charge in [-0.05, 0) is 40.5 Å². The predicted molar refractivity (Wildman–Crippen MR) is 78.8 cm³/mol. The topological polar surface area (TPSA) is 18.5 Å². The van der Waals surface area contributed by atoms with Crippen molar-refractivity contribution in [3.05, 3.63) is 58.1 Å². The summed E-state index contributed by atoms with van der Waals surface area (Å²) in [6.45, 7) is 2.13. The molecule has 0 amide bonds. The van der Waals surface area contributed by atoms with Crippen LogP contribution >= 0.6 is 15.9 Å². The highest BCUT2D eigenvalue weighted by atomic mass is 79.9. The summed E-state index contributed by atoms with van der Waals surface area (Å²) < 4.78 is 12.5. The Bertz CT molecular complexity index is 610. The summed E-state index contributed by atoms with van der Waals surface area (Å²) in [5.74, 6) is 1.78. The average Bonchev–Trinajstić information content (AvgIpc) is 2.78. The maximum absolute atomic E-state index is 6.21. The molecule has 0 aliphatic carbocycles. The quantitative estimate of drug-likeness (QED) is 0.821. The van der Waals surface area contributed by atoms with Crippen LogP contribution in [0.25, 0.3) is 0 Å². The lowest BCUT2D eigenvalue weighted by molar-refractivity contribution is 0.115. The number of methoxy groups -OCH3 is 1. The van der Waals surface area contributed by atoms with Gasteiger partial charge in [-0.15, -0.1) is 0 Å². The lowest BCUT2D eigenvalue weighted by atomic mass is 9.91. The highest BCUT2D eigenvalue weighted by Gasteiger charge is 2.37. The minimum atomic E-state index is -0.307. The molecule has 0 spiro atoms. The van der Waals surface area contributed by atoms with Gasteiger partial charge >= 0.3 is 0 Å². The van der Waals surface area contributed by atoms with Crippen LogP contribution in [-0.2, 0) is 12.0 Å². The molecule has 2 aromatic rings. The summed E-state index contributed by atoms with van der Waals surface area (Å²) >= 11 is 3.56. The van der Waals surface area contributed by atoms with Crippen LogP contribution in [0.5, 0.6) is 11.5 Å². The zero-order valence-corrected chi connectivity index (χ0v) is 12.5. The second kappa shape index (κ2) is 4.57. The van der Waals surface area contributed by atoms with Crippen LogP contribution in [0.4, 0.5) is 0 Å². The molecule has 0 N–H and O–H groups in total. The largest absolute Gasteiger partial charge is 0.497 e. The molecular weight excluding hydrogens is 304 g/mol. The first-order chi connectivity index (χ1) is 9.12. The van der Waals surface area contributed by atoms with Gasteiger partial charge in [-0.3, -0.25) is 0 Å². The molecule has 0 saturated carbocycles. The van der Waals surface area contributed by atoms with E-state index in [0.29, 0.717) is 0 Å². The maximum Gasteiger partial charge on any atom is 0.138 e. The summed E-state index contributed by atoms with van der Waals surface area (Å²) in [6, 6.07) is 14.3. The first kappa shape index (κ1) is 12.5. The zero-order chi connectivity index (χ0) is 13.5. The van der Waals surface area contributed by atoms with E-state index in [2.05, 4.69) is 35.0 Å². The molecule has 3 heteroatoms. The summed E-state index contributed by atoms with van der Waals surface area (Å²) in [5, 5.41) is 0. The van der Waals surface area contributed by atoms with E-state index >= 15 is 0 Å². The van der Waals surface area contributed by atoms with Gasteiger partial charge in [0.1, 0.15) is 17.1 Å². The lowest BCUT2D eigenvalue weighted by Gasteiger charge is -2.24. The van der Waals surface area contributed by atoms with Crippen LogP contribution in [-0.4, -0.2) is 7.11 Å². The summed E-state index contributed by atoms with van der Waals surface area (Å²) in [7, 11) is 1.68. The van der Waals surface area contributed by atoms with Gasteiger partial charge in [0, 0.05) is 12.0 Å². The van der Waals surface area contributed by atoms with Crippen molar-refractivity contribution in [3.63, 3.8) is 0 Å². The van der Waals surface area contributed by atoms with Crippen LogP contribution in [0.3, 0.4) is 0 Å². The number of hydrogen-bond donors (Lipinski definition) is 0. The van der Waals surface area contributed by atoms with Crippen molar-refractivity contribution in [1.82, 2.24) is 0 Å². The van der Waals surface area contributed by atoms with E-state index in [4.69, 9.17) is 9.47 Å². The normalized spacial score (nSPS) is 20.8. The van der Waals surface area contributed by atoms with Crippen molar-refractivity contribution < 1.29 is 9.47 Å². The van der Waals surface area contributed by atoms with E-state index in [0.717, 1.165) is 22.4 Å². The van der Waals surface area contributed by atoms with Gasteiger partial charge in [-0.2, -0.15) is 0 Å². The van der Waals surface area contributed by atoms with Crippen molar-refractivity contribution in [2.45, 2.75) is 18.9 Å². The van der Waals surface area contributed by atoms with Gasteiger partial charge in [0.2, 0.25) is 0 Å². The van der Waals surface area contributed by atoms with Crippen molar-refractivity contribution >= 4 is 15.9 Å². The molecule has 0 fully saturated rings. The van der Waals surface area contributed by atoms with Crippen molar-refractivity contribution in [2.75, 3.05) is 7.11 Å². The van der Waals surface area contributed by atoms with Crippen LogP contribution < -0.4 is 9.47 Å². The van der Waals surface area contributed by atoms with Crippen molar-refractivity contribution in [1.29, 1.82) is 0 Å². The standard InChI is InChI=1S/C16H15BrO2/c1-16(12-6-4-3-5-7-12)10-11-8-13(18-2)9-14(17)15(11)19-16/h3-9H,10H2,1-2H3. The molecule has 1 heterocycles. The minimum Gasteiger partial charge on any atom is -0.497 e. The van der Waals surface area contributed by atoms with E-state index < -0.39 is 0 Å². The molecule has 1 aliphatic heterocycles. The summed E-state index contributed by atoms with van der Waals surface area (Å²) in [4.78, 5) is 0. The molecule has 1 aliphatic rings. The van der Waals surface area contributed by atoms with Crippen LogP contribution in [0, 0.1) is 0 Å². The maximum atomic E-state index is 6.21. The van der Waals surface area contributed by atoms with E-state index in [9.17, 15) is 0 Å². The molecule has 0 saturated heterocycles. The van der Waals surface area contributed by atoms with Gasteiger partial charge in [0.15, 0.2) is 0 Å².